The largest absolute Gasteiger partial charge is 0.468 e. The second kappa shape index (κ2) is 4.40. The van der Waals surface area contributed by atoms with E-state index in [0.717, 1.165) is 0 Å². The Balaban J connectivity index is 2.46. The molecule has 7 heteroatoms. The molecule has 15 heavy (non-hydrogen) atoms. The van der Waals surface area contributed by atoms with E-state index < -0.39 is 17.7 Å². The minimum Gasteiger partial charge on any atom is -0.468 e. The Kier molecular flexibility index (Phi) is 3.62. The van der Waals surface area contributed by atoms with Crippen LogP contribution in [0.15, 0.2) is 17.1 Å². The molecule has 1 unspecified atom stereocenters. The Morgan fingerprint density at radius 3 is 2.67 bits per heavy atom. The molecule has 0 fully saturated rings. The molecule has 1 atom stereocenters. The molecule has 0 amide bonds. The van der Waals surface area contributed by atoms with Crippen molar-refractivity contribution < 1.29 is 23.0 Å². The van der Waals surface area contributed by atoms with E-state index in [1.54, 1.807) is 0 Å². The van der Waals surface area contributed by atoms with Crippen molar-refractivity contribution in [3.05, 3.63) is 12.2 Å². The summed E-state index contributed by atoms with van der Waals surface area (Å²) in [5.74, 6) is -0.128. The maximum Gasteiger partial charge on any atom is 0.422 e. The van der Waals surface area contributed by atoms with Gasteiger partial charge in [0.2, 0.25) is 5.90 Å². The van der Waals surface area contributed by atoms with Gasteiger partial charge in [0.15, 0.2) is 6.61 Å². The second-order valence-electron chi connectivity index (χ2n) is 3.08. The molecule has 1 N–H and O–H groups in total. The number of nitrogens with zero attached hydrogens (tertiary/aromatic N) is 1. The predicted octanol–water partition coefficient (Wildman–Crippen LogP) is 1.50. The van der Waals surface area contributed by atoms with E-state index in [9.17, 15) is 13.2 Å². The van der Waals surface area contributed by atoms with Gasteiger partial charge in [0.05, 0.1) is 13.2 Å². The summed E-state index contributed by atoms with van der Waals surface area (Å²) in [5.41, 5.74) is 0. The molecule has 0 saturated heterocycles. The zero-order valence-corrected chi connectivity index (χ0v) is 8.35. The van der Waals surface area contributed by atoms with Crippen LogP contribution in [0.1, 0.15) is 0 Å². The number of alkyl halides is 4. The minimum atomic E-state index is -4.39. The number of hydrogen-bond donors (Lipinski definition) is 1. The Morgan fingerprint density at radius 1 is 1.60 bits per heavy atom. The highest BCUT2D eigenvalue weighted by atomic mass is 35.5. The fraction of sp³-hybridized carbons (Fsp3) is 0.625. The molecular weight excluding hydrogens is 235 g/mol. The number of aliphatic imine (C=N–C) groups is 1. The van der Waals surface area contributed by atoms with Crippen LogP contribution in [0, 0.1) is 0 Å². The van der Waals surface area contributed by atoms with E-state index in [1.807, 2.05) is 0 Å². The molecule has 86 valence electrons. The second-order valence-corrected chi connectivity index (χ2v) is 3.84. The van der Waals surface area contributed by atoms with Gasteiger partial charge in [0.1, 0.15) is 4.87 Å². The van der Waals surface area contributed by atoms with E-state index in [1.165, 1.54) is 12.2 Å². The molecule has 0 aliphatic carbocycles. The smallest absolute Gasteiger partial charge is 0.422 e. The van der Waals surface area contributed by atoms with Crippen LogP contribution in [0.2, 0.25) is 0 Å². The third-order valence-corrected chi connectivity index (χ3v) is 2.03. The number of aliphatic hydroxyl groups is 1. The first kappa shape index (κ1) is 12.3. The lowest BCUT2D eigenvalue weighted by Gasteiger charge is -2.22. The standard InChI is InChI=1S/C8H9ClF3NO2/c9-7(4-14)2-1-6(13-3-7)15-5-8(10,11)12/h1-2,14H,3-5H2. The normalized spacial score (nSPS) is 26.3. The average molecular weight is 244 g/mol. The number of hydrogen-bond acceptors (Lipinski definition) is 3. The Hall–Kier alpha value is -0.750. The monoisotopic (exact) mass is 243 g/mol. The lowest BCUT2D eigenvalue weighted by Crippen LogP contribution is -2.32. The Bertz CT molecular complexity index is 290. The van der Waals surface area contributed by atoms with Gasteiger partial charge in [-0.05, 0) is 6.08 Å². The molecular formula is C8H9ClF3NO2. The third-order valence-electron chi connectivity index (χ3n) is 1.67. The summed E-state index contributed by atoms with van der Waals surface area (Å²) < 4.78 is 39.7. The molecule has 0 aromatic rings. The highest BCUT2D eigenvalue weighted by Gasteiger charge is 2.30. The predicted molar refractivity (Wildman–Crippen MR) is 49.1 cm³/mol. The van der Waals surface area contributed by atoms with Gasteiger partial charge in [0, 0.05) is 0 Å². The lowest BCUT2D eigenvalue weighted by atomic mass is 10.1. The maximum absolute atomic E-state index is 11.8. The van der Waals surface area contributed by atoms with Gasteiger partial charge in [-0.2, -0.15) is 13.2 Å². The van der Waals surface area contributed by atoms with Crippen LogP contribution in [0.5, 0.6) is 0 Å². The van der Waals surface area contributed by atoms with Crippen molar-refractivity contribution in [3.63, 3.8) is 0 Å². The topological polar surface area (TPSA) is 41.8 Å². The van der Waals surface area contributed by atoms with E-state index in [-0.39, 0.29) is 19.0 Å². The summed E-state index contributed by atoms with van der Waals surface area (Å²) in [6, 6.07) is 0. The van der Waals surface area contributed by atoms with Crippen molar-refractivity contribution >= 4 is 17.5 Å². The average Bonchev–Trinajstić information content (AvgIpc) is 2.16. The summed E-state index contributed by atoms with van der Waals surface area (Å²) in [6.45, 7) is -1.72. The van der Waals surface area contributed by atoms with Gasteiger partial charge in [-0.15, -0.1) is 11.6 Å². The van der Waals surface area contributed by atoms with Crippen molar-refractivity contribution in [2.24, 2.45) is 4.99 Å². The van der Waals surface area contributed by atoms with Crippen LogP contribution < -0.4 is 0 Å². The SMILES string of the molecule is OCC1(Cl)C=CC(OCC(F)(F)F)=NC1. The molecule has 1 aliphatic rings. The molecule has 1 aliphatic heterocycles. The molecule has 0 saturated carbocycles. The van der Waals surface area contributed by atoms with Crippen LogP contribution in [-0.4, -0.2) is 41.8 Å². The quantitative estimate of drug-likeness (QED) is 0.747. The summed E-state index contributed by atoms with van der Waals surface area (Å²) in [7, 11) is 0. The van der Waals surface area contributed by atoms with Crippen molar-refractivity contribution in [2.75, 3.05) is 19.8 Å². The van der Waals surface area contributed by atoms with Gasteiger partial charge >= 0.3 is 6.18 Å². The highest BCUT2D eigenvalue weighted by Crippen LogP contribution is 2.21. The summed E-state index contributed by atoms with van der Waals surface area (Å²) in [4.78, 5) is 2.65. The minimum absolute atomic E-state index is 0.00521. The molecule has 0 aromatic carbocycles. The van der Waals surface area contributed by atoms with Crippen LogP contribution in [0.4, 0.5) is 13.2 Å². The van der Waals surface area contributed by atoms with Crippen LogP contribution >= 0.6 is 11.6 Å². The van der Waals surface area contributed by atoms with Crippen molar-refractivity contribution in [1.82, 2.24) is 0 Å². The zero-order chi connectivity index (χ0) is 11.5. The molecule has 0 spiro atoms. The van der Waals surface area contributed by atoms with E-state index in [4.69, 9.17) is 16.7 Å². The van der Waals surface area contributed by atoms with Gasteiger partial charge in [-0.3, -0.25) is 0 Å². The van der Waals surface area contributed by atoms with Crippen LogP contribution in [-0.2, 0) is 4.74 Å². The summed E-state index contributed by atoms with van der Waals surface area (Å²) >= 11 is 5.79. The van der Waals surface area contributed by atoms with E-state index in [0.29, 0.717) is 0 Å². The number of rotatable bonds is 2. The fourth-order valence-electron chi connectivity index (χ4n) is 0.888. The van der Waals surface area contributed by atoms with Crippen molar-refractivity contribution in [1.29, 1.82) is 0 Å². The molecule has 0 aromatic heterocycles. The summed E-state index contributed by atoms with van der Waals surface area (Å²) in [5, 5.41) is 8.82. The first-order valence-corrected chi connectivity index (χ1v) is 4.45. The Labute approximate surface area is 89.2 Å². The van der Waals surface area contributed by atoms with Crippen LogP contribution in [0.25, 0.3) is 0 Å². The first-order valence-electron chi connectivity index (χ1n) is 4.08. The fourth-order valence-corrected chi connectivity index (χ4v) is 1.01. The van der Waals surface area contributed by atoms with Crippen molar-refractivity contribution in [3.8, 4) is 0 Å². The molecule has 1 heterocycles. The van der Waals surface area contributed by atoms with Gasteiger partial charge < -0.3 is 9.84 Å². The first-order chi connectivity index (χ1) is 6.85. The number of ether oxygens (including phenoxy) is 1. The van der Waals surface area contributed by atoms with Crippen molar-refractivity contribution in [2.45, 2.75) is 11.1 Å². The summed E-state index contributed by atoms with van der Waals surface area (Å²) in [6.07, 6.45) is -1.80. The van der Waals surface area contributed by atoms with Gasteiger partial charge in [0.25, 0.3) is 0 Å². The maximum atomic E-state index is 11.8. The van der Waals surface area contributed by atoms with Crippen LogP contribution in [0.3, 0.4) is 0 Å². The Morgan fingerprint density at radius 2 is 2.27 bits per heavy atom. The number of aliphatic hydroxyl groups excluding tert-OH is 1. The molecule has 0 radical (unpaired) electrons. The molecule has 0 bridgehead atoms. The van der Waals surface area contributed by atoms with Gasteiger partial charge in [-0.1, -0.05) is 6.08 Å². The van der Waals surface area contributed by atoms with E-state index >= 15 is 0 Å². The third kappa shape index (κ3) is 4.09. The zero-order valence-electron chi connectivity index (χ0n) is 7.59. The lowest BCUT2D eigenvalue weighted by molar-refractivity contribution is -0.156. The number of halogens is 4. The molecule has 3 nitrogen and oxygen atoms in total. The molecule has 1 rings (SSSR count). The van der Waals surface area contributed by atoms with Gasteiger partial charge in [-0.25, -0.2) is 4.99 Å². The highest BCUT2D eigenvalue weighted by molar-refractivity contribution is 6.26. The number of dihydropyridines is 1. The van der Waals surface area contributed by atoms with E-state index in [2.05, 4.69) is 9.73 Å².